The van der Waals surface area contributed by atoms with Crippen LogP contribution in [0.1, 0.15) is 11.1 Å². The molecule has 1 aromatic rings. The molecule has 1 heterocycles. The Hall–Kier alpha value is -1.16. The van der Waals surface area contributed by atoms with Crippen LogP contribution in [0.4, 0.5) is 0 Å². The second kappa shape index (κ2) is 4.57. The lowest BCUT2D eigenvalue weighted by atomic mass is 10.1. The summed E-state index contributed by atoms with van der Waals surface area (Å²) in [4.78, 5) is 13.7. The monoisotopic (exact) mass is 269 g/mol. The van der Waals surface area contributed by atoms with E-state index in [0.29, 0.717) is 13.2 Å². The summed E-state index contributed by atoms with van der Waals surface area (Å²) in [6.07, 6.45) is 1.52. The minimum absolute atomic E-state index is 0.269. The Kier molecular flexibility index (Phi) is 3.16. The van der Waals surface area contributed by atoms with Gasteiger partial charge >= 0.3 is 0 Å². The number of nitrogens with zero attached hydrogens (tertiary/aromatic N) is 1. The molecule has 0 aliphatic carbocycles. The number of halogens is 1. The van der Waals surface area contributed by atoms with Gasteiger partial charge < -0.3 is 9.47 Å². The Morgan fingerprint density at radius 1 is 1.53 bits per heavy atom. The standard InChI is InChI=1S/C10H8BrNO3/c11-9-1-2-10-8(4-14-6-15-10)7(9)3-12-5-13/h1-2H,3-4,6H2. The van der Waals surface area contributed by atoms with Crippen molar-refractivity contribution in [2.75, 3.05) is 6.79 Å². The zero-order valence-electron chi connectivity index (χ0n) is 7.83. The molecule has 0 amide bonds. The fourth-order valence-electron chi connectivity index (χ4n) is 1.47. The van der Waals surface area contributed by atoms with E-state index in [-0.39, 0.29) is 6.79 Å². The van der Waals surface area contributed by atoms with Gasteiger partial charge in [-0.25, -0.2) is 9.79 Å². The smallest absolute Gasteiger partial charge is 0.235 e. The first-order chi connectivity index (χ1) is 7.33. The maximum absolute atomic E-state index is 10.1. The molecule has 5 heteroatoms. The van der Waals surface area contributed by atoms with Crippen LogP contribution in [-0.2, 0) is 22.7 Å². The van der Waals surface area contributed by atoms with Crippen LogP contribution in [-0.4, -0.2) is 12.9 Å². The summed E-state index contributed by atoms with van der Waals surface area (Å²) in [7, 11) is 0. The molecule has 0 spiro atoms. The number of aliphatic imine (C=N–C) groups is 1. The van der Waals surface area contributed by atoms with E-state index in [1.54, 1.807) is 0 Å². The summed E-state index contributed by atoms with van der Waals surface area (Å²) >= 11 is 3.40. The maximum atomic E-state index is 10.1. The minimum atomic E-state index is 0.269. The molecule has 0 saturated heterocycles. The number of ether oxygens (including phenoxy) is 2. The number of rotatable bonds is 2. The first-order valence-electron chi connectivity index (χ1n) is 4.37. The Morgan fingerprint density at radius 3 is 3.20 bits per heavy atom. The number of hydrogen-bond donors (Lipinski definition) is 0. The lowest BCUT2D eigenvalue weighted by molar-refractivity contribution is -0.0168. The number of carbonyl (C=O) groups excluding carboxylic acids is 1. The van der Waals surface area contributed by atoms with E-state index >= 15 is 0 Å². The van der Waals surface area contributed by atoms with E-state index in [2.05, 4.69) is 20.9 Å². The van der Waals surface area contributed by atoms with Crippen molar-refractivity contribution in [1.82, 2.24) is 0 Å². The molecule has 15 heavy (non-hydrogen) atoms. The molecular formula is C10H8BrNO3. The Bertz CT molecular complexity index is 427. The largest absolute Gasteiger partial charge is 0.467 e. The average Bonchev–Trinajstić information content (AvgIpc) is 2.28. The molecule has 0 saturated carbocycles. The van der Waals surface area contributed by atoms with Gasteiger partial charge in [0.15, 0.2) is 6.79 Å². The quantitative estimate of drug-likeness (QED) is 0.611. The zero-order valence-corrected chi connectivity index (χ0v) is 9.41. The molecule has 1 aromatic carbocycles. The molecule has 0 fully saturated rings. The molecule has 1 aliphatic heterocycles. The summed E-state index contributed by atoms with van der Waals surface area (Å²) in [5.74, 6) is 0.792. The summed E-state index contributed by atoms with van der Waals surface area (Å²) in [6.45, 7) is 1.05. The normalized spacial score (nSPS) is 13.7. The fraction of sp³-hybridized carbons (Fsp3) is 0.300. The van der Waals surface area contributed by atoms with Crippen LogP contribution in [0.5, 0.6) is 5.75 Å². The number of fused-ring (bicyclic) bond motifs is 1. The molecule has 2 rings (SSSR count). The first-order valence-corrected chi connectivity index (χ1v) is 5.16. The van der Waals surface area contributed by atoms with Gasteiger partial charge in [-0.3, -0.25) is 0 Å². The first kappa shape index (κ1) is 10.4. The van der Waals surface area contributed by atoms with Crippen molar-refractivity contribution >= 4 is 22.0 Å². The summed E-state index contributed by atoms with van der Waals surface area (Å²) < 4.78 is 11.4. The van der Waals surface area contributed by atoms with E-state index in [1.165, 1.54) is 6.08 Å². The lowest BCUT2D eigenvalue weighted by Crippen LogP contribution is -2.13. The predicted octanol–water partition coefficient (Wildman–Crippen LogP) is 2.15. The molecule has 0 aromatic heterocycles. The van der Waals surface area contributed by atoms with Crippen LogP contribution in [0, 0.1) is 0 Å². The maximum Gasteiger partial charge on any atom is 0.235 e. The molecule has 0 radical (unpaired) electrons. The van der Waals surface area contributed by atoms with Gasteiger partial charge in [-0.1, -0.05) is 15.9 Å². The highest BCUT2D eigenvalue weighted by atomic mass is 79.9. The van der Waals surface area contributed by atoms with Gasteiger partial charge in [0.2, 0.25) is 6.08 Å². The van der Waals surface area contributed by atoms with Crippen molar-refractivity contribution in [2.45, 2.75) is 13.2 Å². The molecule has 78 valence electrons. The fourth-order valence-corrected chi connectivity index (χ4v) is 1.96. The predicted molar refractivity (Wildman–Crippen MR) is 56.3 cm³/mol. The minimum Gasteiger partial charge on any atom is -0.467 e. The second-order valence-electron chi connectivity index (χ2n) is 3.02. The number of hydrogen-bond acceptors (Lipinski definition) is 4. The highest BCUT2D eigenvalue weighted by molar-refractivity contribution is 9.10. The van der Waals surface area contributed by atoms with Crippen LogP contribution < -0.4 is 4.74 Å². The van der Waals surface area contributed by atoms with Gasteiger partial charge in [-0.05, 0) is 17.7 Å². The second-order valence-corrected chi connectivity index (χ2v) is 3.88. The highest BCUT2D eigenvalue weighted by Gasteiger charge is 2.16. The van der Waals surface area contributed by atoms with Gasteiger partial charge in [-0.15, -0.1) is 0 Å². The summed E-state index contributed by atoms with van der Waals surface area (Å²) in [5.41, 5.74) is 1.85. The molecule has 1 aliphatic rings. The van der Waals surface area contributed by atoms with Crippen LogP contribution in [0.2, 0.25) is 0 Å². The van der Waals surface area contributed by atoms with Crippen molar-refractivity contribution in [1.29, 1.82) is 0 Å². The van der Waals surface area contributed by atoms with Crippen LogP contribution >= 0.6 is 15.9 Å². The van der Waals surface area contributed by atoms with E-state index < -0.39 is 0 Å². The van der Waals surface area contributed by atoms with E-state index in [9.17, 15) is 4.79 Å². The molecule has 0 unspecified atom stereocenters. The van der Waals surface area contributed by atoms with E-state index in [1.807, 2.05) is 12.1 Å². The van der Waals surface area contributed by atoms with Crippen LogP contribution in [0.25, 0.3) is 0 Å². The Morgan fingerprint density at radius 2 is 2.40 bits per heavy atom. The Labute approximate surface area is 95.0 Å². The van der Waals surface area contributed by atoms with Crippen LogP contribution in [0.15, 0.2) is 21.6 Å². The van der Waals surface area contributed by atoms with E-state index in [0.717, 1.165) is 21.3 Å². The summed E-state index contributed by atoms with van der Waals surface area (Å²) in [6, 6.07) is 3.75. The topological polar surface area (TPSA) is 47.9 Å². The molecule has 0 atom stereocenters. The third-order valence-electron chi connectivity index (χ3n) is 2.18. The van der Waals surface area contributed by atoms with E-state index in [4.69, 9.17) is 9.47 Å². The van der Waals surface area contributed by atoms with Crippen molar-refractivity contribution in [3.8, 4) is 5.75 Å². The lowest BCUT2D eigenvalue weighted by Gasteiger charge is -2.20. The van der Waals surface area contributed by atoms with Gasteiger partial charge in [0.1, 0.15) is 5.75 Å². The number of isocyanates is 1. The third-order valence-corrected chi connectivity index (χ3v) is 2.92. The average molecular weight is 270 g/mol. The van der Waals surface area contributed by atoms with Crippen LogP contribution in [0.3, 0.4) is 0 Å². The van der Waals surface area contributed by atoms with Gasteiger partial charge in [0.25, 0.3) is 0 Å². The number of benzene rings is 1. The van der Waals surface area contributed by atoms with Crippen molar-refractivity contribution < 1.29 is 14.3 Å². The molecular weight excluding hydrogens is 262 g/mol. The van der Waals surface area contributed by atoms with Gasteiger partial charge in [0, 0.05) is 10.0 Å². The van der Waals surface area contributed by atoms with Gasteiger partial charge in [-0.2, -0.15) is 0 Å². The summed E-state index contributed by atoms with van der Waals surface area (Å²) in [5, 5.41) is 0. The van der Waals surface area contributed by atoms with Crippen molar-refractivity contribution in [2.24, 2.45) is 4.99 Å². The Balaban J connectivity index is 2.44. The third kappa shape index (κ3) is 2.09. The highest BCUT2D eigenvalue weighted by Crippen LogP contribution is 2.32. The van der Waals surface area contributed by atoms with Crippen molar-refractivity contribution in [3.63, 3.8) is 0 Å². The SMILES string of the molecule is O=C=NCc1c(Br)ccc2c1COCO2. The zero-order chi connectivity index (χ0) is 10.7. The van der Waals surface area contributed by atoms with Crippen molar-refractivity contribution in [3.05, 3.63) is 27.7 Å². The molecule has 0 N–H and O–H groups in total. The van der Waals surface area contributed by atoms with Gasteiger partial charge in [0.05, 0.1) is 13.2 Å². The molecule has 0 bridgehead atoms. The molecule has 4 nitrogen and oxygen atoms in total.